The van der Waals surface area contributed by atoms with Gasteiger partial charge in [0.25, 0.3) is 11.5 Å². The molecule has 2 aromatic carbocycles. The molecule has 0 aliphatic rings. The molecule has 0 radical (unpaired) electrons. The van der Waals surface area contributed by atoms with Crippen LogP contribution in [0.4, 0.5) is 0 Å². The van der Waals surface area contributed by atoms with Crippen molar-refractivity contribution in [3.05, 3.63) is 85.2 Å². The molecule has 0 aliphatic carbocycles. The summed E-state index contributed by atoms with van der Waals surface area (Å²) >= 11 is 3.32. The number of hydrazone groups is 1. The summed E-state index contributed by atoms with van der Waals surface area (Å²) in [5.74, 6) is -0.352. The first kappa shape index (κ1) is 18.8. The van der Waals surface area contributed by atoms with Crippen LogP contribution in [0.3, 0.4) is 0 Å². The Kier molecular flexibility index (Phi) is 5.41. The van der Waals surface area contributed by atoms with Crippen molar-refractivity contribution >= 4 is 28.1 Å². The number of nitrogens with zero attached hydrogens (tertiary/aromatic N) is 2. The third-order valence-electron chi connectivity index (χ3n) is 4.31. The smallest absolute Gasteiger partial charge is 0.280 e. The molecular formula is C20H19BrN4O2. The minimum atomic E-state index is -0.352. The third-order valence-corrected chi connectivity index (χ3v) is 4.81. The molecule has 0 saturated heterocycles. The van der Waals surface area contributed by atoms with E-state index in [0.717, 1.165) is 21.3 Å². The van der Waals surface area contributed by atoms with E-state index >= 15 is 0 Å². The van der Waals surface area contributed by atoms with Gasteiger partial charge < -0.3 is 0 Å². The van der Waals surface area contributed by atoms with Crippen molar-refractivity contribution in [3.8, 4) is 5.69 Å². The molecule has 0 aliphatic heterocycles. The topological polar surface area (TPSA) is 79.2 Å². The summed E-state index contributed by atoms with van der Waals surface area (Å²) in [6, 6.07) is 12.8. The fourth-order valence-electron chi connectivity index (χ4n) is 2.61. The Bertz CT molecular complexity index is 1100. The number of carbonyl (C=O) groups is 1. The summed E-state index contributed by atoms with van der Waals surface area (Å²) in [6.45, 7) is 5.81. The fourth-order valence-corrected chi connectivity index (χ4v) is 3.01. The summed E-state index contributed by atoms with van der Waals surface area (Å²) in [7, 11) is 0. The van der Waals surface area contributed by atoms with E-state index in [1.165, 1.54) is 10.9 Å². The molecule has 0 atom stereocenters. The predicted molar refractivity (Wildman–Crippen MR) is 110 cm³/mol. The highest BCUT2D eigenvalue weighted by atomic mass is 79.9. The minimum Gasteiger partial charge on any atom is -0.295 e. The molecule has 3 aromatic rings. The van der Waals surface area contributed by atoms with Crippen LogP contribution < -0.4 is 11.0 Å². The van der Waals surface area contributed by atoms with Crippen molar-refractivity contribution in [2.75, 3.05) is 0 Å². The van der Waals surface area contributed by atoms with Gasteiger partial charge in [-0.25, -0.2) is 10.1 Å². The van der Waals surface area contributed by atoms with Crippen molar-refractivity contribution in [2.45, 2.75) is 20.8 Å². The van der Waals surface area contributed by atoms with Crippen molar-refractivity contribution in [1.82, 2.24) is 15.2 Å². The first-order valence-electron chi connectivity index (χ1n) is 8.35. The van der Waals surface area contributed by atoms with E-state index in [1.54, 1.807) is 25.1 Å². The standard InChI is InChI=1S/C20H19BrN4O2/c1-12-7-8-17(9-13(12)2)25-20(27)18(14(3)24-25)11-22-23-19(26)15-5-4-6-16(21)10-15/h4-11,24H,1-3H3,(H,23,26)/b22-11+. The van der Waals surface area contributed by atoms with Crippen molar-refractivity contribution in [2.24, 2.45) is 5.10 Å². The van der Waals surface area contributed by atoms with Crippen LogP contribution in [-0.4, -0.2) is 21.9 Å². The number of rotatable bonds is 4. The highest BCUT2D eigenvalue weighted by molar-refractivity contribution is 9.10. The van der Waals surface area contributed by atoms with Gasteiger partial charge in [0.15, 0.2) is 0 Å². The molecule has 7 heteroatoms. The number of amides is 1. The van der Waals surface area contributed by atoms with Crippen molar-refractivity contribution in [3.63, 3.8) is 0 Å². The van der Waals surface area contributed by atoms with Crippen LogP contribution in [0.5, 0.6) is 0 Å². The lowest BCUT2D eigenvalue weighted by molar-refractivity contribution is 0.0955. The summed E-state index contributed by atoms with van der Waals surface area (Å²) in [6.07, 6.45) is 1.36. The zero-order valence-electron chi connectivity index (χ0n) is 15.2. The Morgan fingerprint density at radius 1 is 1.15 bits per heavy atom. The minimum absolute atomic E-state index is 0.226. The summed E-state index contributed by atoms with van der Waals surface area (Å²) in [4.78, 5) is 24.8. The molecule has 1 heterocycles. The number of halogens is 1. The van der Waals surface area contributed by atoms with Crippen LogP contribution in [0.1, 0.15) is 32.7 Å². The van der Waals surface area contributed by atoms with Gasteiger partial charge in [-0.1, -0.05) is 28.1 Å². The van der Waals surface area contributed by atoms with E-state index < -0.39 is 0 Å². The number of hydrogen-bond acceptors (Lipinski definition) is 3. The van der Waals surface area contributed by atoms with Gasteiger partial charge in [-0.05, 0) is 62.2 Å². The van der Waals surface area contributed by atoms with E-state index in [2.05, 4.69) is 31.6 Å². The Hall–Kier alpha value is -2.93. The van der Waals surface area contributed by atoms with Crippen LogP contribution in [0, 0.1) is 20.8 Å². The molecule has 1 amide bonds. The number of aryl methyl sites for hydroxylation is 3. The van der Waals surface area contributed by atoms with Crippen LogP contribution in [-0.2, 0) is 0 Å². The Morgan fingerprint density at radius 2 is 1.93 bits per heavy atom. The number of H-pyrrole nitrogens is 1. The van der Waals surface area contributed by atoms with Crippen LogP contribution in [0.25, 0.3) is 5.69 Å². The molecular weight excluding hydrogens is 408 g/mol. The van der Waals surface area contributed by atoms with Gasteiger partial charge in [0, 0.05) is 15.7 Å². The predicted octanol–water partition coefficient (Wildman–Crippen LogP) is 3.62. The first-order valence-corrected chi connectivity index (χ1v) is 9.14. The fraction of sp³-hybridized carbons (Fsp3) is 0.150. The quantitative estimate of drug-likeness (QED) is 0.493. The lowest BCUT2D eigenvalue weighted by Crippen LogP contribution is -2.20. The van der Waals surface area contributed by atoms with Gasteiger partial charge in [-0.15, -0.1) is 0 Å². The SMILES string of the molecule is Cc1ccc(-n2[nH]c(C)c(/C=N/NC(=O)c3cccc(Br)c3)c2=O)cc1C. The molecule has 6 nitrogen and oxygen atoms in total. The molecule has 0 saturated carbocycles. The average molecular weight is 427 g/mol. The van der Waals surface area contributed by atoms with Crippen molar-refractivity contribution in [1.29, 1.82) is 0 Å². The number of hydrogen-bond donors (Lipinski definition) is 2. The Balaban J connectivity index is 1.82. The molecule has 3 rings (SSSR count). The summed E-state index contributed by atoms with van der Waals surface area (Å²) in [5, 5.41) is 6.98. The summed E-state index contributed by atoms with van der Waals surface area (Å²) < 4.78 is 2.27. The molecule has 1 aromatic heterocycles. The second-order valence-electron chi connectivity index (χ2n) is 6.27. The van der Waals surface area contributed by atoms with E-state index in [1.807, 2.05) is 38.1 Å². The maximum atomic E-state index is 12.7. The van der Waals surface area contributed by atoms with Gasteiger partial charge in [0.05, 0.1) is 17.5 Å². The molecule has 2 N–H and O–H groups in total. The third kappa shape index (κ3) is 4.09. The number of aromatic nitrogens is 2. The van der Waals surface area contributed by atoms with Crippen LogP contribution >= 0.6 is 15.9 Å². The lowest BCUT2D eigenvalue weighted by atomic mass is 10.1. The van der Waals surface area contributed by atoms with E-state index in [-0.39, 0.29) is 11.5 Å². The van der Waals surface area contributed by atoms with E-state index in [9.17, 15) is 9.59 Å². The molecule has 27 heavy (non-hydrogen) atoms. The normalized spacial score (nSPS) is 11.1. The maximum Gasteiger partial charge on any atom is 0.280 e. The maximum absolute atomic E-state index is 12.7. The second kappa shape index (κ2) is 7.75. The van der Waals surface area contributed by atoms with Gasteiger partial charge in [0.1, 0.15) is 0 Å². The Labute approximate surface area is 165 Å². The zero-order valence-corrected chi connectivity index (χ0v) is 16.8. The molecule has 0 unspecified atom stereocenters. The number of carbonyl (C=O) groups excluding carboxylic acids is 1. The first-order chi connectivity index (χ1) is 12.9. The molecule has 0 bridgehead atoms. The largest absolute Gasteiger partial charge is 0.295 e. The second-order valence-corrected chi connectivity index (χ2v) is 7.18. The van der Waals surface area contributed by atoms with Gasteiger partial charge in [-0.2, -0.15) is 5.10 Å². The zero-order chi connectivity index (χ0) is 19.6. The van der Waals surface area contributed by atoms with Gasteiger partial charge in [-0.3, -0.25) is 14.7 Å². The average Bonchev–Trinajstić information content (AvgIpc) is 2.92. The van der Waals surface area contributed by atoms with E-state index in [4.69, 9.17) is 0 Å². The highest BCUT2D eigenvalue weighted by Gasteiger charge is 2.11. The lowest BCUT2D eigenvalue weighted by Gasteiger charge is -2.05. The number of aromatic amines is 1. The highest BCUT2D eigenvalue weighted by Crippen LogP contribution is 2.13. The van der Waals surface area contributed by atoms with Crippen LogP contribution in [0.2, 0.25) is 0 Å². The number of benzene rings is 2. The Morgan fingerprint density at radius 3 is 2.63 bits per heavy atom. The number of nitrogens with one attached hydrogen (secondary N) is 2. The molecule has 0 fully saturated rings. The summed E-state index contributed by atoms with van der Waals surface area (Å²) in [5.41, 5.74) is 6.76. The van der Waals surface area contributed by atoms with E-state index in [0.29, 0.717) is 16.8 Å². The van der Waals surface area contributed by atoms with Gasteiger partial charge >= 0.3 is 0 Å². The van der Waals surface area contributed by atoms with Crippen LogP contribution in [0.15, 0.2) is 56.8 Å². The van der Waals surface area contributed by atoms with Gasteiger partial charge in [0.2, 0.25) is 0 Å². The molecule has 138 valence electrons. The molecule has 0 spiro atoms. The van der Waals surface area contributed by atoms with Crippen molar-refractivity contribution < 1.29 is 4.79 Å². The monoisotopic (exact) mass is 426 g/mol.